The number of guanidine groups is 1. The van der Waals surface area contributed by atoms with E-state index in [9.17, 15) is 9.59 Å². The van der Waals surface area contributed by atoms with Crippen molar-refractivity contribution < 1.29 is 19.4 Å². The summed E-state index contributed by atoms with van der Waals surface area (Å²) >= 11 is 0. The zero-order valence-electron chi connectivity index (χ0n) is 16.2. The molecule has 0 saturated carbocycles. The van der Waals surface area contributed by atoms with Gasteiger partial charge in [0.2, 0.25) is 11.9 Å². The van der Waals surface area contributed by atoms with E-state index in [0.717, 1.165) is 55.5 Å². The number of aliphatic hydroxyl groups is 1. The van der Waals surface area contributed by atoms with Crippen LogP contribution in [0, 0.1) is 0 Å². The van der Waals surface area contributed by atoms with Crippen LogP contribution in [0.3, 0.4) is 0 Å². The van der Waals surface area contributed by atoms with Gasteiger partial charge in [-0.2, -0.15) is 0 Å². The molecule has 0 aliphatic carbocycles. The van der Waals surface area contributed by atoms with E-state index in [-0.39, 0.29) is 12.6 Å². The molecule has 3 rings (SSSR count). The van der Waals surface area contributed by atoms with Gasteiger partial charge in [0.05, 0.1) is 18.3 Å². The number of amides is 2. The molecule has 28 heavy (non-hydrogen) atoms. The Balaban J connectivity index is 1.58. The zero-order valence-corrected chi connectivity index (χ0v) is 16.2. The second kappa shape index (κ2) is 9.05. The van der Waals surface area contributed by atoms with E-state index in [1.54, 1.807) is 4.90 Å². The molecular weight excluding hydrogens is 360 g/mol. The Labute approximate surface area is 164 Å². The van der Waals surface area contributed by atoms with Crippen LogP contribution in [0.4, 0.5) is 5.69 Å². The maximum atomic E-state index is 12.1. The number of benzene rings is 1. The van der Waals surface area contributed by atoms with Gasteiger partial charge in [-0.05, 0) is 38.0 Å². The minimum atomic E-state index is -1.04. The fourth-order valence-corrected chi connectivity index (χ4v) is 3.68. The van der Waals surface area contributed by atoms with Gasteiger partial charge in [0.1, 0.15) is 5.75 Å². The van der Waals surface area contributed by atoms with Gasteiger partial charge in [-0.25, -0.2) is 4.99 Å². The molecule has 0 spiro atoms. The average Bonchev–Trinajstić information content (AvgIpc) is 3.00. The van der Waals surface area contributed by atoms with Gasteiger partial charge in [0, 0.05) is 12.2 Å². The number of fused-ring (bicyclic) bond motifs is 2. The Hall–Kier alpha value is -2.61. The monoisotopic (exact) mass is 388 g/mol. The standard InChI is InChI=1S/C20H28N4O4/c1-13-15-12-14(28-11-7-5-3-2-4-6-10-25)8-9-16(15)22-20-23-19(27)17(18(21)26)24(13)20/h8-9,12-13,17,25H,2-7,10-11H2,1H3,(H2,21,26)(H,22,23,27). The highest BCUT2D eigenvalue weighted by Crippen LogP contribution is 2.39. The molecule has 0 aromatic heterocycles. The highest BCUT2D eigenvalue weighted by molar-refractivity contribution is 6.17. The first-order chi connectivity index (χ1) is 13.5. The molecule has 1 fully saturated rings. The number of ether oxygens (including phenoxy) is 1. The Morgan fingerprint density at radius 2 is 1.96 bits per heavy atom. The minimum Gasteiger partial charge on any atom is -0.494 e. The van der Waals surface area contributed by atoms with Gasteiger partial charge in [-0.15, -0.1) is 0 Å². The number of hydrogen-bond donors (Lipinski definition) is 3. The molecule has 8 heteroatoms. The number of primary amides is 1. The molecule has 2 aliphatic rings. The highest BCUT2D eigenvalue weighted by atomic mass is 16.5. The molecule has 0 radical (unpaired) electrons. The highest BCUT2D eigenvalue weighted by Gasteiger charge is 2.45. The van der Waals surface area contributed by atoms with Crippen molar-refractivity contribution in [3.63, 3.8) is 0 Å². The van der Waals surface area contributed by atoms with Crippen molar-refractivity contribution in [3.05, 3.63) is 23.8 Å². The molecule has 2 unspecified atom stereocenters. The average molecular weight is 388 g/mol. The Bertz CT molecular complexity index is 765. The largest absolute Gasteiger partial charge is 0.494 e. The lowest BCUT2D eigenvalue weighted by Crippen LogP contribution is -2.47. The lowest BCUT2D eigenvalue weighted by molar-refractivity contribution is -0.131. The third-order valence-corrected chi connectivity index (χ3v) is 5.19. The smallest absolute Gasteiger partial charge is 0.259 e. The van der Waals surface area contributed by atoms with Gasteiger partial charge >= 0.3 is 0 Å². The van der Waals surface area contributed by atoms with E-state index in [0.29, 0.717) is 12.6 Å². The summed E-state index contributed by atoms with van der Waals surface area (Å²) in [5.41, 5.74) is 7.05. The second-order valence-electron chi connectivity index (χ2n) is 7.23. The number of carbonyl (C=O) groups excluding carboxylic acids is 2. The molecular formula is C20H28N4O4. The number of nitrogens with one attached hydrogen (secondary N) is 1. The molecule has 8 nitrogen and oxygen atoms in total. The number of carbonyl (C=O) groups is 2. The van der Waals surface area contributed by atoms with Crippen molar-refractivity contribution in [1.82, 2.24) is 10.2 Å². The van der Waals surface area contributed by atoms with Crippen LogP contribution in [-0.2, 0) is 9.59 Å². The maximum absolute atomic E-state index is 12.1. The van der Waals surface area contributed by atoms with Crippen molar-refractivity contribution >= 4 is 23.5 Å². The Morgan fingerprint density at radius 3 is 2.68 bits per heavy atom. The molecule has 1 saturated heterocycles. The minimum absolute atomic E-state index is 0.228. The van der Waals surface area contributed by atoms with E-state index in [1.165, 1.54) is 0 Å². The summed E-state index contributed by atoms with van der Waals surface area (Å²) in [5, 5.41) is 11.4. The summed E-state index contributed by atoms with van der Waals surface area (Å²) in [6.07, 6.45) is 6.31. The number of hydrogen-bond acceptors (Lipinski definition) is 6. The predicted molar refractivity (Wildman–Crippen MR) is 105 cm³/mol. The van der Waals surface area contributed by atoms with Crippen LogP contribution >= 0.6 is 0 Å². The number of aliphatic imine (C=N–C) groups is 1. The second-order valence-corrected chi connectivity index (χ2v) is 7.23. The third-order valence-electron chi connectivity index (χ3n) is 5.19. The topological polar surface area (TPSA) is 117 Å². The van der Waals surface area contributed by atoms with Crippen molar-refractivity contribution in [2.75, 3.05) is 13.2 Å². The van der Waals surface area contributed by atoms with Crippen molar-refractivity contribution in [1.29, 1.82) is 0 Å². The van der Waals surface area contributed by atoms with E-state index in [2.05, 4.69) is 10.3 Å². The van der Waals surface area contributed by atoms with Crippen LogP contribution in [0.1, 0.15) is 57.1 Å². The van der Waals surface area contributed by atoms with Gasteiger partial charge in [0.25, 0.3) is 5.91 Å². The van der Waals surface area contributed by atoms with E-state index in [1.807, 2.05) is 25.1 Å². The summed E-state index contributed by atoms with van der Waals surface area (Å²) in [4.78, 5) is 29.8. The summed E-state index contributed by atoms with van der Waals surface area (Å²) < 4.78 is 5.87. The van der Waals surface area contributed by atoms with Crippen LogP contribution in [0.2, 0.25) is 0 Å². The molecule has 1 aromatic carbocycles. The molecule has 152 valence electrons. The van der Waals surface area contributed by atoms with Crippen LogP contribution in [0.15, 0.2) is 23.2 Å². The Kier molecular flexibility index (Phi) is 6.51. The Morgan fingerprint density at radius 1 is 1.25 bits per heavy atom. The van der Waals surface area contributed by atoms with E-state index >= 15 is 0 Å². The number of rotatable bonds is 10. The van der Waals surface area contributed by atoms with Crippen LogP contribution in [0.25, 0.3) is 0 Å². The van der Waals surface area contributed by atoms with Gasteiger partial charge in [-0.3, -0.25) is 14.9 Å². The number of aliphatic hydroxyl groups excluding tert-OH is 1. The van der Waals surface area contributed by atoms with Gasteiger partial charge in [0.15, 0.2) is 6.04 Å². The molecule has 0 bridgehead atoms. The van der Waals surface area contributed by atoms with E-state index in [4.69, 9.17) is 15.6 Å². The lowest BCUT2D eigenvalue weighted by Gasteiger charge is -2.33. The quantitative estimate of drug-likeness (QED) is 0.417. The third kappa shape index (κ3) is 4.27. The summed E-state index contributed by atoms with van der Waals surface area (Å²) in [5.74, 6) is -0.0203. The van der Waals surface area contributed by atoms with Crippen molar-refractivity contribution in [3.8, 4) is 5.75 Å². The van der Waals surface area contributed by atoms with Crippen molar-refractivity contribution in [2.45, 2.75) is 57.5 Å². The van der Waals surface area contributed by atoms with Crippen LogP contribution in [0.5, 0.6) is 5.75 Å². The van der Waals surface area contributed by atoms with Crippen LogP contribution < -0.4 is 15.8 Å². The van der Waals surface area contributed by atoms with Gasteiger partial charge < -0.3 is 20.5 Å². The van der Waals surface area contributed by atoms with Crippen molar-refractivity contribution in [2.24, 2.45) is 10.7 Å². The zero-order chi connectivity index (χ0) is 20.1. The first-order valence-corrected chi connectivity index (χ1v) is 9.87. The number of unbranched alkanes of at least 4 members (excludes halogenated alkanes) is 5. The number of nitrogens with two attached hydrogens (primary N) is 1. The molecule has 2 heterocycles. The fraction of sp³-hybridized carbons (Fsp3) is 0.550. The summed E-state index contributed by atoms with van der Waals surface area (Å²) in [6.45, 7) is 2.82. The normalized spacial score (nSPS) is 20.3. The lowest BCUT2D eigenvalue weighted by atomic mass is 10.0. The summed E-state index contributed by atoms with van der Waals surface area (Å²) in [6, 6.07) is 4.38. The van der Waals surface area contributed by atoms with Crippen LogP contribution in [-0.4, -0.2) is 47.0 Å². The maximum Gasteiger partial charge on any atom is 0.259 e. The predicted octanol–water partition coefficient (Wildman–Crippen LogP) is 1.75. The SMILES string of the molecule is CC1c2cc(OCCCCCCCCO)ccc2N=C2NC(=O)C(C(N)=O)N21. The summed E-state index contributed by atoms with van der Waals surface area (Å²) in [7, 11) is 0. The molecule has 2 atom stereocenters. The molecule has 2 amide bonds. The molecule has 2 aliphatic heterocycles. The molecule has 1 aromatic rings. The first-order valence-electron chi connectivity index (χ1n) is 9.87. The first kappa shape index (κ1) is 20.1. The number of nitrogens with zero attached hydrogens (tertiary/aromatic N) is 2. The van der Waals surface area contributed by atoms with Gasteiger partial charge in [-0.1, -0.05) is 25.7 Å². The fourth-order valence-electron chi connectivity index (χ4n) is 3.68. The van der Waals surface area contributed by atoms with E-state index < -0.39 is 17.9 Å². The molecule has 4 N–H and O–H groups in total.